The second kappa shape index (κ2) is 5.26. The summed E-state index contributed by atoms with van der Waals surface area (Å²) >= 11 is 0. The standard InChI is InChI=1S/C18H25N2OSi/c1-17(2)18(3,4)20(21)16(19-17)15-10-8-14(9-11-15)12-13-22(5,6)7/h8-11H,1-7H3. The van der Waals surface area contributed by atoms with Gasteiger partial charge in [-0.15, -0.1) is 5.54 Å². The highest BCUT2D eigenvalue weighted by Crippen LogP contribution is 2.38. The molecule has 0 spiro atoms. The molecule has 0 saturated carbocycles. The van der Waals surface area contributed by atoms with E-state index in [0.29, 0.717) is 5.84 Å². The summed E-state index contributed by atoms with van der Waals surface area (Å²) in [5.41, 5.74) is 4.24. The summed E-state index contributed by atoms with van der Waals surface area (Å²) in [6.45, 7) is 14.5. The summed E-state index contributed by atoms with van der Waals surface area (Å²) in [6, 6.07) is 7.82. The topological polar surface area (TPSA) is 35.5 Å². The molecule has 1 radical (unpaired) electrons. The van der Waals surface area contributed by atoms with Crippen LogP contribution in [0, 0.1) is 11.5 Å². The Bertz CT molecular complexity index is 655. The van der Waals surface area contributed by atoms with Crippen LogP contribution in [0.4, 0.5) is 0 Å². The highest BCUT2D eigenvalue weighted by atomic mass is 28.3. The van der Waals surface area contributed by atoms with Gasteiger partial charge in [0.15, 0.2) is 5.84 Å². The van der Waals surface area contributed by atoms with Crippen molar-refractivity contribution in [3.05, 3.63) is 35.4 Å². The summed E-state index contributed by atoms with van der Waals surface area (Å²) in [4.78, 5) is 4.64. The van der Waals surface area contributed by atoms with Gasteiger partial charge in [-0.1, -0.05) is 30.8 Å². The fourth-order valence-corrected chi connectivity index (χ4v) is 2.62. The monoisotopic (exact) mass is 313 g/mol. The molecule has 1 aliphatic heterocycles. The van der Waals surface area contributed by atoms with Crippen LogP contribution in [-0.2, 0) is 5.21 Å². The van der Waals surface area contributed by atoms with E-state index in [4.69, 9.17) is 0 Å². The maximum atomic E-state index is 12.5. The lowest BCUT2D eigenvalue weighted by atomic mass is 9.84. The van der Waals surface area contributed by atoms with E-state index in [9.17, 15) is 5.21 Å². The first-order valence-electron chi connectivity index (χ1n) is 7.65. The Kier molecular flexibility index (Phi) is 4.01. The normalized spacial score (nSPS) is 19.5. The van der Waals surface area contributed by atoms with Gasteiger partial charge in [0, 0.05) is 11.1 Å². The number of hydrogen-bond donors (Lipinski definition) is 0. The lowest BCUT2D eigenvalue weighted by Gasteiger charge is -2.35. The van der Waals surface area contributed by atoms with Gasteiger partial charge in [-0.25, -0.2) is 0 Å². The lowest BCUT2D eigenvalue weighted by Crippen LogP contribution is -2.50. The van der Waals surface area contributed by atoms with Crippen molar-refractivity contribution in [3.8, 4) is 11.5 Å². The molecule has 1 heterocycles. The predicted octanol–water partition coefficient (Wildman–Crippen LogP) is 3.88. The highest BCUT2D eigenvalue weighted by Gasteiger charge is 2.50. The van der Waals surface area contributed by atoms with Crippen LogP contribution < -0.4 is 0 Å². The van der Waals surface area contributed by atoms with Crippen molar-refractivity contribution in [2.45, 2.75) is 58.4 Å². The zero-order valence-electron chi connectivity index (χ0n) is 14.6. The minimum absolute atomic E-state index is 0.402. The van der Waals surface area contributed by atoms with Crippen LogP contribution in [0.3, 0.4) is 0 Å². The number of amidine groups is 1. The molecule has 2 rings (SSSR count). The molecule has 1 aromatic rings. The van der Waals surface area contributed by atoms with E-state index in [-0.39, 0.29) is 0 Å². The van der Waals surface area contributed by atoms with Crippen molar-refractivity contribution in [1.29, 1.82) is 0 Å². The fraction of sp³-hybridized carbons (Fsp3) is 0.500. The summed E-state index contributed by atoms with van der Waals surface area (Å²) in [5.74, 6) is 3.74. The largest absolute Gasteiger partial charge is 0.257 e. The third-order valence-corrected chi connectivity index (χ3v) is 5.18. The molecule has 117 valence electrons. The fourth-order valence-electron chi connectivity index (χ4n) is 2.10. The van der Waals surface area contributed by atoms with E-state index >= 15 is 0 Å². The van der Waals surface area contributed by atoms with Gasteiger partial charge in [0.2, 0.25) is 0 Å². The van der Waals surface area contributed by atoms with Crippen LogP contribution in [0.2, 0.25) is 19.6 Å². The van der Waals surface area contributed by atoms with Crippen LogP contribution in [0.15, 0.2) is 29.3 Å². The first kappa shape index (κ1) is 16.8. The molecule has 3 nitrogen and oxygen atoms in total. The van der Waals surface area contributed by atoms with Crippen LogP contribution in [0.25, 0.3) is 0 Å². The Labute approximate surface area is 135 Å². The van der Waals surface area contributed by atoms with Crippen molar-refractivity contribution >= 4 is 13.9 Å². The SMILES string of the molecule is CC1(C)N=C(c2ccc(C#C[Si](C)(C)C)cc2)N([O])C1(C)C. The molecule has 1 aliphatic rings. The zero-order valence-corrected chi connectivity index (χ0v) is 15.6. The van der Waals surface area contributed by atoms with E-state index in [0.717, 1.165) is 16.2 Å². The molecule has 4 heteroatoms. The van der Waals surface area contributed by atoms with Gasteiger partial charge in [-0.2, -0.15) is 5.06 Å². The van der Waals surface area contributed by atoms with Gasteiger partial charge >= 0.3 is 0 Å². The lowest BCUT2D eigenvalue weighted by molar-refractivity contribution is -0.158. The third-order valence-electron chi connectivity index (χ3n) is 4.31. The third kappa shape index (κ3) is 3.11. The Morgan fingerprint density at radius 3 is 2.00 bits per heavy atom. The quantitative estimate of drug-likeness (QED) is 0.572. The molecule has 22 heavy (non-hydrogen) atoms. The first-order chi connectivity index (χ1) is 9.94. The highest BCUT2D eigenvalue weighted by molar-refractivity contribution is 6.83. The van der Waals surface area contributed by atoms with Crippen LogP contribution in [0.1, 0.15) is 38.8 Å². The molecule has 0 N–H and O–H groups in total. The zero-order chi connectivity index (χ0) is 16.8. The Morgan fingerprint density at radius 1 is 1.05 bits per heavy atom. The number of nitrogens with zero attached hydrogens (tertiary/aromatic N) is 2. The van der Waals surface area contributed by atoms with Gasteiger partial charge in [0.25, 0.3) is 0 Å². The molecular weight excluding hydrogens is 288 g/mol. The molecular formula is C18H25N2OSi. The smallest absolute Gasteiger partial charge is 0.159 e. The predicted molar refractivity (Wildman–Crippen MR) is 93.9 cm³/mol. The number of rotatable bonds is 1. The summed E-state index contributed by atoms with van der Waals surface area (Å²) in [6.07, 6.45) is 0. The summed E-state index contributed by atoms with van der Waals surface area (Å²) in [7, 11) is -1.37. The van der Waals surface area contributed by atoms with E-state index in [2.05, 4.69) is 36.1 Å². The number of benzene rings is 1. The Balaban J connectivity index is 2.31. The van der Waals surface area contributed by atoms with Crippen molar-refractivity contribution in [2.24, 2.45) is 4.99 Å². The molecule has 0 aromatic heterocycles. The molecule has 0 aliphatic carbocycles. The van der Waals surface area contributed by atoms with Crippen molar-refractivity contribution in [2.75, 3.05) is 0 Å². The second-order valence-electron chi connectivity index (χ2n) is 7.93. The van der Waals surface area contributed by atoms with Crippen LogP contribution in [-0.4, -0.2) is 30.1 Å². The minimum atomic E-state index is -1.37. The van der Waals surface area contributed by atoms with Crippen molar-refractivity contribution in [3.63, 3.8) is 0 Å². The number of hydroxylamine groups is 2. The molecule has 0 amide bonds. The maximum absolute atomic E-state index is 12.5. The maximum Gasteiger partial charge on any atom is 0.159 e. The van der Waals surface area contributed by atoms with Gasteiger partial charge in [0.05, 0.1) is 11.1 Å². The van der Waals surface area contributed by atoms with Gasteiger partial charge < -0.3 is 0 Å². The molecule has 0 fully saturated rings. The second-order valence-corrected chi connectivity index (χ2v) is 12.7. The summed E-state index contributed by atoms with van der Waals surface area (Å²) in [5, 5.41) is 13.6. The minimum Gasteiger partial charge on any atom is -0.257 e. The van der Waals surface area contributed by atoms with E-state index in [1.807, 2.05) is 52.0 Å². The van der Waals surface area contributed by atoms with Crippen molar-refractivity contribution in [1.82, 2.24) is 5.06 Å². The molecule has 1 aromatic carbocycles. The van der Waals surface area contributed by atoms with Gasteiger partial charge in [-0.3, -0.25) is 4.99 Å². The summed E-state index contributed by atoms with van der Waals surface area (Å²) < 4.78 is 0. The Hall–Kier alpha value is -1.57. The average Bonchev–Trinajstić information content (AvgIpc) is 2.56. The van der Waals surface area contributed by atoms with E-state index in [1.165, 1.54) is 0 Å². The van der Waals surface area contributed by atoms with Gasteiger partial charge in [-0.05, 0) is 52.0 Å². The molecule has 0 atom stereocenters. The van der Waals surface area contributed by atoms with Crippen LogP contribution in [0.5, 0.6) is 0 Å². The van der Waals surface area contributed by atoms with Gasteiger partial charge in [0.1, 0.15) is 8.07 Å². The average molecular weight is 313 g/mol. The number of hydrogen-bond acceptors (Lipinski definition) is 2. The van der Waals surface area contributed by atoms with E-state index in [1.54, 1.807) is 0 Å². The number of aliphatic imine (C=N–C) groups is 1. The van der Waals surface area contributed by atoms with Crippen molar-refractivity contribution < 1.29 is 5.21 Å². The Morgan fingerprint density at radius 2 is 1.59 bits per heavy atom. The first-order valence-corrected chi connectivity index (χ1v) is 11.1. The van der Waals surface area contributed by atoms with Crippen LogP contribution >= 0.6 is 0 Å². The molecule has 0 saturated heterocycles. The van der Waals surface area contributed by atoms with E-state index < -0.39 is 19.2 Å². The molecule has 0 bridgehead atoms. The molecule has 0 unspecified atom stereocenters.